The summed E-state index contributed by atoms with van der Waals surface area (Å²) in [5, 5.41) is 18.9. The van der Waals surface area contributed by atoms with Crippen LogP contribution in [0.5, 0.6) is 0 Å². The molecule has 4 atom stereocenters. The first-order valence-corrected chi connectivity index (χ1v) is 8.48. The Labute approximate surface area is 156 Å². The summed E-state index contributed by atoms with van der Waals surface area (Å²) in [6.45, 7) is 0.242. The standard InChI is InChI=1S/C20H20O7/c21-19(22)17-15(25-11-13-7-3-1-4-8-13)16(18(27-17)20(23)24)26-12-14-9-5-2-6-10-14/h1-10,15-18H,11-12H2,(H,21,22)(H,23,24)/t15-,16-,17+,18+/m0/s1. The maximum absolute atomic E-state index is 11.6. The van der Waals surface area contributed by atoms with Gasteiger partial charge in [0.25, 0.3) is 0 Å². The highest BCUT2D eigenvalue weighted by Crippen LogP contribution is 2.29. The molecule has 142 valence electrons. The highest BCUT2D eigenvalue weighted by atomic mass is 16.6. The van der Waals surface area contributed by atoms with Crippen molar-refractivity contribution in [2.45, 2.75) is 37.6 Å². The predicted octanol–water partition coefficient (Wildman–Crippen LogP) is 2.09. The number of rotatable bonds is 8. The Morgan fingerprint density at radius 2 is 1.11 bits per heavy atom. The molecule has 2 aromatic carbocycles. The molecule has 7 nitrogen and oxygen atoms in total. The van der Waals surface area contributed by atoms with Gasteiger partial charge in [-0.25, -0.2) is 9.59 Å². The fraction of sp³-hybridized carbons (Fsp3) is 0.300. The van der Waals surface area contributed by atoms with Gasteiger partial charge in [0.1, 0.15) is 12.2 Å². The van der Waals surface area contributed by atoms with E-state index < -0.39 is 36.4 Å². The SMILES string of the molecule is O=C(O)[C@@H]1O[C@@H](C(=O)O)[C@@H](OCc2ccccc2)[C@@H]1OCc1ccccc1. The molecule has 0 saturated carbocycles. The molecule has 1 aliphatic heterocycles. The highest BCUT2D eigenvalue weighted by molar-refractivity contribution is 5.78. The lowest BCUT2D eigenvalue weighted by Gasteiger charge is -2.23. The van der Waals surface area contributed by atoms with Crippen molar-refractivity contribution in [3.8, 4) is 0 Å². The van der Waals surface area contributed by atoms with Crippen LogP contribution >= 0.6 is 0 Å². The average Bonchev–Trinajstić information content (AvgIpc) is 3.05. The third kappa shape index (κ3) is 4.71. The van der Waals surface area contributed by atoms with Crippen molar-refractivity contribution in [1.29, 1.82) is 0 Å². The first kappa shape index (κ1) is 19.0. The maximum atomic E-state index is 11.6. The van der Waals surface area contributed by atoms with Gasteiger partial charge in [0.2, 0.25) is 0 Å². The Kier molecular flexibility index (Phi) is 6.18. The summed E-state index contributed by atoms with van der Waals surface area (Å²) >= 11 is 0. The highest BCUT2D eigenvalue weighted by Gasteiger charge is 2.52. The molecule has 0 amide bonds. The van der Waals surface area contributed by atoms with Gasteiger partial charge in [0.05, 0.1) is 13.2 Å². The van der Waals surface area contributed by atoms with Gasteiger partial charge >= 0.3 is 11.9 Å². The van der Waals surface area contributed by atoms with Crippen molar-refractivity contribution >= 4 is 11.9 Å². The molecule has 0 aromatic heterocycles. The molecule has 1 aliphatic rings. The fourth-order valence-electron chi connectivity index (χ4n) is 2.95. The molecule has 0 bridgehead atoms. The topological polar surface area (TPSA) is 102 Å². The largest absolute Gasteiger partial charge is 0.479 e. The van der Waals surface area contributed by atoms with E-state index in [1.807, 2.05) is 60.7 Å². The Balaban J connectivity index is 1.76. The van der Waals surface area contributed by atoms with Crippen molar-refractivity contribution in [1.82, 2.24) is 0 Å². The van der Waals surface area contributed by atoms with Crippen molar-refractivity contribution in [2.24, 2.45) is 0 Å². The van der Waals surface area contributed by atoms with E-state index in [0.717, 1.165) is 11.1 Å². The smallest absolute Gasteiger partial charge is 0.335 e. The van der Waals surface area contributed by atoms with E-state index in [9.17, 15) is 19.8 Å². The first-order valence-electron chi connectivity index (χ1n) is 8.48. The van der Waals surface area contributed by atoms with E-state index in [-0.39, 0.29) is 13.2 Å². The van der Waals surface area contributed by atoms with Crippen LogP contribution in [0.3, 0.4) is 0 Å². The molecule has 1 fully saturated rings. The summed E-state index contributed by atoms with van der Waals surface area (Å²) in [5.74, 6) is -2.57. The summed E-state index contributed by atoms with van der Waals surface area (Å²) in [6.07, 6.45) is -4.94. The molecule has 27 heavy (non-hydrogen) atoms. The molecule has 2 aromatic rings. The predicted molar refractivity (Wildman–Crippen MR) is 94.0 cm³/mol. The molecular weight excluding hydrogens is 352 g/mol. The summed E-state index contributed by atoms with van der Waals surface area (Å²) in [4.78, 5) is 23.1. The summed E-state index contributed by atoms with van der Waals surface area (Å²) < 4.78 is 16.7. The summed E-state index contributed by atoms with van der Waals surface area (Å²) in [7, 11) is 0. The lowest BCUT2D eigenvalue weighted by Crippen LogP contribution is -2.41. The summed E-state index contributed by atoms with van der Waals surface area (Å²) in [6, 6.07) is 18.4. The van der Waals surface area contributed by atoms with Crippen LogP contribution in [0.1, 0.15) is 11.1 Å². The molecule has 0 spiro atoms. The van der Waals surface area contributed by atoms with Crippen LogP contribution in [-0.2, 0) is 37.0 Å². The molecule has 7 heteroatoms. The van der Waals surface area contributed by atoms with Gasteiger partial charge in [-0.05, 0) is 11.1 Å². The van der Waals surface area contributed by atoms with Gasteiger partial charge in [-0.15, -0.1) is 0 Å². The van der Waals surface area contributed by atoms with E-state index in [1.54, 1.807) is 0 Å². The molecule has 0 aliphatic carbocycles. The van der Waals surface area contributed by atoms with Crippen molar-refractivity contribution in [3.63, 3.8) is 0 Å². The normalized spacial score (nSPS) is 24.6. The number of carboxylic acid groups (broad SMARTS) is 2. The van der Waals surface area contributed by atoms with Gasteiger partial charge in [-0.3, -0.25) is 0 Å². The van der Waals surface area contributed by atoms with Gasteiger partial charge in [-0.1, -0.05) is 60.7 Å². The zero-order chi connectivity index (χ0) is 19.2. The molecule has 3 rings (SSSR count). The third-order valence-electron chi connectivity index (χ3n) is 4.27. The molecule has 0 radical (unpaired) electrons. The van der Waals surface area contributed by atoms with E-state index in [4.69, 9.17) is 14.2 Å². The molecule has 1 heterocycles. The van der Waals surface area contributed by atoms with Crippen LogP contribution < -0.4 is 0 Å². The van der Waals surface area contributed by atoms with E-state index in [2.05, 4.69) is 0 Å². The van der Waals surface area contributed by atoms with E-state index in [0.29, 0.717) is 0 Å². The lowest BCUT2D eigenvalue weighted by atomic mass is 10.1. The monoisotopic (exact) mass is 372 g/mol. The average molecular weight is 372 g/mol. The third-order valence-corrected chi connectivity index (χ3v) is 4.27. The number of benzene rings is 2. The number of hydrogen-bond acceptors (Lipinski definition) is 5. The van der Waals surface area contributed by atoms with E-state index in [1.165, 1.54) is 0 Å². The van der Waals surface area contributed by atoms with Gasteiger partial charge < -0.3 is 24.4 Å². The van der Waals surface area contributed by atoms with Crippen LogP contribution in [0, 0.1) is 0 Å². The quantitative estimate of drug-likeness (QED) is 0.731. The Morgan fingerprint density at radius 3 is 1.44 bits per heavy atom. The van der Waals surface area contributed by atoms with Crippen molar-refractivity contribution < 1.29 is 34.0 Å². The molecule has 2 N–H and O–H groups in total. The van der Waals surface area contributed by atoms with Crippen LogP contribution in [0.25, 0.3) is 0 Å². The summed E-state index contributed by atoms with van der Waals surface area (Å²) in [5.41, 5.74) is 1.67. The fourth-order valence-corrected chi connectivity index (χ4v) is 2.95. The number of ether oxygens (including phenoxy) is 3. The lowest BCUT2D eigenvalue weighted by molar-refractivity contribution is -0.162. The number of hydrogen-bond donors (Lipinski definition) is 2. The van der Waals surface area contributed by atoms with Crippen molar-refractivity contribution in [3.05, 3.63) is 71.8 Å². The first-order chi connectivity index (χ1) is 13.1. The maximum Gasteiger partial charge on any atom is 0.335 e. The zero-order valence-electron chi connectivity index (χ0n) is 14.4. The second-order valence-corrected chi connectivity index (χ2v) is 6.18. The Morgan fingerprint density at radius 1 is 0.741 bits per heavy atom. The van der Waals surface area contributed by atoms with Crippen LogP contribution in [0.2, 0.25) is 0 Å². The second-order valence-electron chi connectivity index (χ2n) is 6.18. The second kappa shape index (κ2) is 8.77. The van der Waals surface area contributed by atoms with Gasteiger partial charge in [0, 0.05) is 0 Å². The van der Waals surface area contributed by atoms with Crippen LogP contribution in [-0.4, -0.2) is 46.6 Å². The molecule has 0 unspecified atom stereocenters. The Hall–Kier alpha value is -2.74. The zero-order valence-corrected chi connectivity index (χ0v) is 14.4. The molecule has 1 saturated heterocycles. The minimum atomic E-state index is -1.42. The van der Waals surface area contributed by atoms with E-state index >= 15 is 0 Å². The van der Waals surface area contributed by atoms with Crippen molar-refractivity contribution in [2.75, 3.05) is 0 Å². The van der Waals surface area contributed by atoms with Gasteiger partial charge in [-0.2, -0.15) is 0 Å². The minimum Gasteiger partial charge on any atom is -0.479 e. The Bertz CT molecular complexity index is 697. The van der Waals surface area contributed by atoms with Crippen LogP contribution in [0.4, 0.5) is 0 Å². The van der Waals surface area contributed by atoms with Crippen LogP contribution in [0.15, 0.2) is 60.7 Å². The molecular formula is C20H20O7. The number of carbonyl (C=O) groups is 2. The van der Waals surface area contributed by atoms with Gasteiger partial charge in [0.15, 0.2) is 12.2 Å². The number of carboxylic acids is 2. The number of aliphatic carboxylic acids is 2. The minimum absolute atomic E-state index is 0.121.